The summed E-state index contributed by atoms with van der Waals surface area (Å²) in [5.41, 5.74) is 11.1. The van der Waals surface area contributed by atoms with Gasteiger partial charge in [-0.05, 0) is 70.8 Å². The smallest absolute Gasteiger partial charge is 0.257 e. The first kappa shape index (κ1) is 40.0. The number of hydrogen-bond acceptors (Lipinski definition) is 4. The molecule has 0 aliphatic rings. The number of benzene rings is 4. The fraction of sp³-hybridized carbons (Fsp3) is 0.0385. The quantitative estimate of drug-likeness (QED) is 0.124. The summed E-state index contributed by atoms with van der Waals surface area (Å²) in [6.07, 6.45) is 7.33. The molecule has 4 aromatic heterocycles. The van der Waals surface area contributed by atoms with Crippen LogP contribution in [0.15, 0.2) is 207 Å². The van der Waals surface area contributed by atoms with Gasteiger partial charge < -0.3 is 0 Å². The van der Waals surface area contributed by atoms with Gasteiger partial charge in [-0.15, -0.1) is 56.9 Å². The molecule has 0 N–H and O–H groups in total. The average Bonchev–Trinajstić information content (AvgIpc) is 3.86. The average molecular weight is 840 g/mol. The van der Waals surface area contributed by atoms with Crippen molar-refractivity contribution in [3.63, 3.8) is 0 Å². The Bertz CT molecular complexity index is 2610. The van der Waals surface area contributed by atoms with E-state index in [1.54, 1.807) is 0 Å². The second-order valence-electron chi connectivity index (χ2n) is 13.8. The van der Waals surface area contributed by atoms with Crippen molar-refractivity contribution in [2.75, 3.05) is 0 Å². The van der Waals surface area contributed by atoms with E-state index in [1.807, 2.05) is 85.5 Å². The molecule has 276 valence electrons. The van der Waals surface area contributed by atoms with E-state index in [0.29, 0.717) is 0 Å². The maximum atomic E-state index is 4.52. The second kappa shape index (κ2) is 19.3. The summed E-state index contributed by atoms with van der Waals surface area (Å²) in [5.74, 6) is 0. The van der Waals surface area contributed by atoms with Crippen LogP contribution in [0.3, 0.4) is 0 Å². The van der Waals surface area contributed by atoms with E-state index in [1.165, 1.54) is 43.0 Å². The number of hydrogen-bond donors (Lipinski definition) is 0. The number of pyridine rings is 4. The van der Waals surface area contributed by atoms with Gasteiger partial charge in [0, 0.05) is 24.8 Å². The van der Waals surface area contributed by atoms with Crippen molar-refractivity contribution < 1.29 is 26.2 Å². The number of fused-ring (bicyclic) bond motifs is 2. The van der Waals surface area contributed by atoms with Crippen LogP contribution >= 0.6 is 0 Å². The van der Waals surface area contributed by atoms with Crippen LogP contribution in [-0.4, -0.2) is 29.5 Å². The minimum atomic E-state index is 0. The number of nitrogens with zero attached hydrogens (tertiary/aromatic N) is 4. The third-order valence-corrected chi connectivity index (χ3v) is 10.8. The standard InChI is InChI=1S/2C20H15N2.C12H10Si.Zr/c2*1-14-10-15-12-16(19-6-2-4-8-21-19)13-18(17(15)11-14)20-7-3-5-9-22-20;1-3-7-11(8-4-1)13-12-9-5-2-6-10-12;/h2*2-13H,1H3;1-10H;/q2*-1;;+2. The Balaban J connectivity index is 0.000000136. The largest absolute Gasteiger partial charge is 2.00 e. The Morgan fingerprint density at radius 2 is 0.724 bits per heavy atom. The number of rotatable bonds is 6. The summed E-state index contributed by atoms with van der Waals surface area (Å²) in [5, 5.41) is 7.76. The van der Waals surface area contributed by atoms with Crippen LogP contribution in [0.2, 0.25) is 0 Å². The third kappa shape index (κ3) is 9.84. The Morgan fingerprint density at radius 3 is 1.07 bits per heavy atom. The molecule has 6 heteroatoms. The van der Waals surface area contributed by atoms with Gasteiger partial charge in [-0.2, -0.15) is 12.1 Å². The molecule has 58 heavy (non-hydrogen) atoms. The van der Waals surface area contributed by atoms with Gasteiger partial charge in [0.25, 0.3) is 0 Å². The molecule has 0 bridgehead atoms. The summed E-state index contributed by atoms with van der Waals surface area (Å²) >= 11 is 0. The first-order valence-corrected chi connectivity index (χ1v) is 20.0. The van der Waals surface area contributed by atoms with Crippen LogP contribution in [0.5, 0.6) is 0 Å². The summed E-state index contributed by atoms with van der Waals surface area (Å²) < 4.78 is 0. The minimum absolute atomic E-state index is 0. The fourth-order valence-corrected chi connectivity index (χ4v) is 8.03. The van der Waals surface area contributed by atoms with E-state index in [-0.39, 0.29) is 26.2 Å². The third-order valence-electron chi connectivity index (χ3n) is 9.57. The summed E-state index contributed by atoms with van der Waals surface area (Å²) in [6, 6.07) is 62.9. The molecular weight excluding hydrogens is 800 g/mol. The second-order valence-corrected chi connectivity index (χ2v) is 15.2. The predicted molar refractivity (Wildman–Crippen MR) is 239 cm³/mol. The monoisotopic (exact) mass is 838 g/mol. The molecule has 0 aliphatic carbocycles. The van der Waals surface area contributed by atoms with Gasteiger partial charge in [0.2, 0.25) is 0 Å². The van der Waals surface area contributed by atoms with Gasteiger partial charge in [-0.3, -0.25) is 19.9 Å². The molecule has 6 aromatic carbocycles. The molecule has 0 unspecified atom stereocenters. The molecule has 2 radical (unpaired) electrons. The minimum Gasteiger partial charge on any atom is -0.257 e. The summed E-state index contributed by atoms with van der Waals surface area (Å²) in [4.78, 5) is 18.0. The van der Waals surface area contributed by atoms with Crippen LogP contribution in [0.25, 0.3) is 66.6 Å². The molecule has 0 fully saturated rings. The molecular formula is C52H40N4SiZr. The van der Waals surface area contributed by atoms with Crippen molar-refractivity contribution in [3.8, 4) is 45.0 Å². The van der Waals surface area contributed by atoms with Gasteiger partial charge in [0.05, 0.1) is 22.8 Å². The molecule has 10 rings (SSSR count). The van der Waals surface area contributed by atoms with Crippen LogP contribution in [0.4, 0.5) is 0 Å². The Labute approximate surface area is 362 Å². The normalized spacial score (nSPS) is 10.5. The molecule has 0 aliphatic heterocycles. The van der Waals surface area contributed by atoms with Crippen molar-refractivity contribution in [3.05, 3.63) is 218 Å². The molecule has 4 nitrogen and oxygen atoms in total. The van der Waals surface area contributed by atoms with Gasteiger partial charge in [-0.1, -0.05) is 121 Å². The van der Waals surface area contributed by atoms with E-state index in [4.69, 9.17) is 0 Å². The van der Waals surface area contributed by atoms with Crippen molar-refractivity contribution in [1.82, 2.24) is 19.9 Å². The maximum Gasteiger partial charge on any atom is 2.00 e. The molecule has 0 spiro atoms. The van der Waals surface area contributed by atoms with Crippen molar-refractivity contribution >= 4 is 41.4 Å². The van der Waals surface area contributed by atoms with Gasteiger partial charge >= 0.3 is 26.2 Å². The molecule has 10 aromatic rings. The zero-order valence-electron chi connectivity index (χ0n) is 32.4. The Morgan fingerprint density at radius 1 is 0.379 bits per heavy atom. The van der Waals surface area contributed by atoms with Gasteiger partial charge in [0.15, 0.2) is 0 Å². The van der Waals surface area contributed by atoms with Crippen LogP contribution in [0.1, 0.15) is 11.1 Å². The van der Waals surface area contributed by atoms with Gasteiger partial charge in [0.1, 0.15) is 9.52 Å². The van der Waals surface area contributed by atoms with Crippen LogP contribution in [-0.2, 0) is 26.2 Å². The number of aromatic nitrogens is 4. The fourth-order valence-electron chi connectivity index (χ4n) is 6.98. The first-order chi connectivity index (χ1) is 28.1. The van der Waals surface area contributed by atoms with Crippen LogP contribution < -0.4 is 10.4 Å². The summed E-state index contributed by atoms with van der Waals surface area (Å²) in [6.45, 7) is 4.26. The molecule has 0 atom stereocenters. The molecule has 0 amide bonds. The molecule has 0 saturated carbocycles. The van der Waals surface area contributed by atoms with E-state index in [0.717, 1.165) is 54.5 Å². The topological polar surface area (TPSA) is 51.6 Å². The van der Waals surface area contributed by atoms with Crippen molar-refractivity contribution in [2.45, 2.75) is 13.8 Å². The SMILES string of the molecule is Cc1cc2c(-c3ccccn3)cc(-c3ccccn3)cc2[cH-]1.Cc1cc2c(-c3ccccn3)cc(-c3ccccn3)cc2[cH-]1.[Zr+2].c1ccc([Si]c2ccccc2)cc1. The van der Waals surface area contributed by atoms with Gasteiger partial charge in [-0.25, -0.2) is 0 Å². The maximum absolute atomic E-state index is 4.52. The molecule has 4 heterocycles. The summed E-state index contributed by atoms with van der Waals surface area (Å²) in [7, 11) is 0.777. The van der Waals surface area contributed by atoms with Crippen LogP contribution in [0, 0.1) is 13.8 Å². The zero-order chi connectivity index (χ0) is 38.8. The molecule has 0 saturated heterocycles. The van der Waals surface area contributed by atoms with E-state index < -0.39 is 0 Å². The first-order valence-electron chi connectivity index (χ1n) is 19.0. The van der Waals surface area contributed by atoms with E-state index in [9.17, 15) is 0 Å². The van der Waals surface area contributed by atoms with E-state index >= 15 is 0 Å². The predicted octanol–water partition coefficient (Wildman–Crippen LogP) is 11.3. The Kier molecular flexibility index (Phi) is 13.3. The van der Waals surface area contributed by atoms with E-state index in [2.05, 4.69) is 155 Å². The van der Waals surface area contributed by atoms with Crippen molar-refractivity contribution in [1.29, 1.82) is 0 Å². The van der Waals surface area contributed by atoms with Crippen molar-refractivity contribution in [2.24, 2.45) is 0 Å². The zero-order valence-corrected chi connectivity index (χ0v) is 35.9. The number of aryl methyl sites for hydroxylation is 2. The Hall–Kier alpha value is -6.20.